The third-order valence-electron chi connectivity index (χ3n) is 9.94. The molecule has 236 valence electrons. The number of aliphatic carboxylic acids is 1. The zero-order chi connectivity index (χ0) is 32.3. The average Bonchev–Trinajstić information content (AvgIpc) is 3.64. The number of ether oxygens (including phenoxy) is 1. The molecule has 2 aliphatic carbocycles. The second kappa shape index (κ2) is 11.2. The van der Waals surface area contributed by atoms with Crippen LogP contribution in [0.2, 0.25) is 0 Å². The van der Waals surface area contributed by atoms with Crippen molar-refractivity contribution in [1.29, 1.82) is 0 Å². The zero-order valence-electron chi connectivity index (χ0n) is 26.4. The molecule has 7 aliphatic rings. The van der Waals surface area contributed by atoms with Gasteiger partial charge in [0, 0.05) is 41.6 Å². The molecule has 1 fully saturated rings. The maximum atomic E-state index is 13.0. The number of carboxylic acid groups (broad SMARTS) is 1. The number of carbonyl (C=O) groups excluding carboxylic acids is 2. The first-order chi connectivity index (χ1) is 21.3. The molecule has 1 aromatic heterocycles. The lowest BCUT2D eigenvalue weighted by Gasteiger charge is -2.51. The monoisotopic (exact) mass is 612 g/mol. The Hall–Kier alpha value is -4.47. The Balaban J connectivity index is 1.52. The maximum Gasteiger partial charge on any atom is 0.322 e. The van der Waals surface area contributed by atoms with Crippen LogP contribution in [-0.4, -0.2) is 57.7 Å². The van der Waals surface area contributed by atoms with Crippen LogP contribution < -0.4 is 10.2 Å². The summed E-state index contributed by atoms with van der Waals surface area (Å²) in [5.41, 5.74) is 4.35. The van der Waals surface area contributed by atoms with Crippen molar-refractivity contribution in [1.82, 2.24) is 15.3 Å². The Kier molecular flexibility index (Phi) is 7.57. The fourth-order valence-corrected chi connectivity index (χ4v) is 7.75. The molecular formula is C35H40N4O6. The predicted molar refractivity (Wildman–Crippen MR) is 168 cm³/mol. The smallest absolute Gasteiger partial charge is 0.322 e. The van der Waals surface area contributed by atoms with Crippen LogP contribution in [0.25, 0.3) is 0 Å². The Morgan fingerprint density at radius 2 is 1.78 bits per heavy atom. The van der Waals surface area contributed by atoms with E-state index in [-0.39, 0.29) is 47.5 Å². The number of fused-ring (bicyclic) bond motifs is 2. The molecule has 45 heavy (non-hydrogen) atoms. The van der Waals surface area contributed by atoms with Gasteiger partial charge < -0.3 is 25.2 Å². The van der Waals surface area contributed by atoms with E-state index in [9.17, 15) is 19.5 Å². The number of aromatic hydroxyl groups is 1. The minimum absolute atomic E-state index is 0.0139. The number of anilines is 1. The highest BCUT2D eigenvalue weighted by Crippen LogP contribution is 2.61. The summed E-state index contributed by atoms with van der Waals surface area (Å²) in [5.74, 6) is -2.30. The van der Waals surface area contributed by atoms with Gasteiger partial charge >= 0.3 is 11.9 Å². The van der Waals surface area contributed by atoms with Gasteiger partial charge in [-0.1, -0.05) is 37.3 Å². The van der Waals surface area contributed by atoms with E-state index >= 15 is 0 Å². The molecule has 0 radical (unpaired) electrons. The van der Waals surface area contributed by atoms with Gasteiger partial charge in [-0.25, -0.2) is 9.97 Å². The number of hydrogen-bond donors (Lipinski definition) is 3. The van der Waals surface area contributed by atoms with E-state index < -0.39 is 29.3 Å². The fourth-order valence-electron chi connectivity index (χ4n) is 7.75. The van der Waals surface area contributed by atoms with Crippen LogP contribution in [0.15, 0.2) is 53.6 Å². The summed E-state index contributed by atoms with van der Waals surface area (Å²) in [4.78, 5) is 48.8. The van der Waals surface area contributed by atoms with E-state index in [0.717, 1.165) is 42.7 Å². The molecule has 5 aliphatic heterocycles. The topological polar surface area (TPSA) is 142 Å². The van der Waals surface area contributed by atoms with Crippen LogP contribution >= 0.6 is 0 Å². The number of esters is 1. The molecule has 2 atom stereocenters. The van der Waals surface area contributed by atoms with Crippen molar-refractivity contribution >= 4 is 23.5 Å². The highest BCUT2D eigenvalue weighted by molar-refractivity contribution is 5.96. The molecule has 1 amide bonds. The normalized spacial score (nSPS) is 22.4. The third-order valence-corrected chi connectivity index (χ3v) is 9.94. The number of rotatable bonds is 8. The molecule has 1 aromatic carbocycles. The van der Waals surface area contributed by atoms with Gasteiger partial charge in [0.1, 0.15) is 19.0 Å². The largest absolute Gasteiger partial charge is 0.504 e. The van der Waals surface area contributed by atoms with Gasteiger partial charge in [0.15, 0.2) is 11.4 Å². The Bertz CT molecular complexity index is 1660. The molecule has 6 bridgehead atoms. The lowest BCUT2D eigenvalue weighted by molar-refractivity contribution is -0.154. The van der Waals surface area contributed by atoms with Gasteiger partial charge in [-0.05, 0) is 75.3 Å². The molecule has 0 saturated carbocycles. The zero-order valence-corrected chi connectivity index (χ0v) is 26.4. The number of nitrogens with one attached hydrogen (secondary N) is 1. The second-order valence-electron chi connectivity index (χ2n) is 13.6. The van der Waals surface area contributed by atoms with Crippen molar-refractivity contribution in [2.75, 3.05) is 24.5 Å². The predicted octanol–water partition coefficient (Wildman–Crippen LogP) is 4.72. The first-order valence-corrected chi connectivity index (χ1v) is 15.5. The fraction of sp³-hybridized carbons (Fsp3) is 0.457. The Morgan fingerprint density at radius 3 is 2.38 bits per heavy atom. The number of nitrogens with zero attached hydrogens (tertiary/aromatic N) is 3. The van der Waals surface area contributed by atoms with Gasteiger partial charge in [-0.2, -0.15) is 0 Å². The van der Waals surface area contributed by atoms with E-state index in [4.69, 9.17) is 14.8 Å². The lowest BCUT2D eigenvalue weighted by Crippen LogP contribution is -2.50. The summed E-state index contributed by atoms with van der Waals surface area (Å²) < 4.78 is 5.87. The molecule has 3 N–H and O–H groups in total. The van der Waals surface area contributed by atoms with E-state index in [0.29, 0.717) is 5.82 Å². The number of aryl methyl sites for hydroxylation is 1. The van der Waals surface area contributed by atoms with E-state index in [1.165, 1.54) is 11.1 Å². The van der Waals surface area contributed by atoms with Gasteiger partial charge in [-0.3, -0.25) is 14.4 Å². The van der Waals surface area contributed by atoms with Crippen molar-refractivity contribution in [2.24, 2.45) is 17.3 Å². The van der Waals surface area contributed by atoms with Crippen LogP contribution in [0.5, 0.6) is 5.75 Å². The standard InChI is InChI=1S/C35H40N4O6/c1-19(31-37-20(2)30(42)29(38-31)32(43)36-17-27(40)41)35(28-21-6-7-22(28)9-8-21)24-12-14-39(15-13-24)26-11-10-25(35)16-23(26)18-45-33(44)34(3,4)5/h6-11,16,19,24,28,42H,12-15,17-18H2,1-5H3,(H,36,43)(H,40,41). The molecule has 6 heterocycles. The molecule has 10 heteroatoms. The number of amides is 1. The summed E-state index contributed by atoms with van der Waals surface area (Å²) in [6.45, 7) is 10.5. The number of benzene rings is 1. The van der Waals surface area contributed by atoms with E-state index in [1.54, 1.807) is 6.92 Å². The first kappa shape index (κ1) is 30.6. The number of hydrogen-bond acceptors (Lipinski definition) is 8. The summed E-state index contributed by atoms with van der Waals surface area (Å²) in [6.07, 6.45) is 10.5. The van der Waals surface area contributed by atoms with Gasteiger partial charge in [-0.15, -0.1) is 0 Å². The molecular weight excluding hydrogens is 572 g/mol. The van der Waals surface area contributed by atoms with Gasteiger partial charge in [0.05, 0.1) is 11.1 Å². The van der Waals surface area contributed by atoms with Gasteiger partial charge in [0.25, 0.3) is 5.91 Å². The van der Waals surface area contributed by atoms with Crippen LogP contribution in [0.3, 0.4) is 0 Å². The molecule has 9 rings (SSSR count). The minimum Gasteiger partial charge on any atom is -0.504 e. The number of carboxylic acids is 1. The highest BCUT2D eigenvalue weighted by Gasteiger charge is 2.56. The number of piperidine rings is 1. The molecule has 1 saturated heterocycles. The van der Waals surface area contributed by atoms with Crippen LogP contribution in [0, 0.1) is 24.2 Å². The van der Waals surface area contributed by atoms with E-state index in [2.05, 4.69) is 64.6 Å². The highest BCUT2D eigenvalue weighted by atomic mass is 16.5. The van der Waals surface area contributed by atoms with Gasteiger partial charge in [0.2, 0.25) is 0 Å². The molecule has 2 unspecified atom stereocenters. The Morgan fingerprint density at radius 1 is 1.11 bits per heavy atom. The maximum absolute atomic E-state index is 13.0. The molecule has 2 aromatic rings. The number of carbonyl (C=O) groups is 3. The van der Waals surface area contributed by atoms with Crippen molar-refractivity contribution in [2.45, 2.75) is 65.4 Å². The molecule has 10 nitrogen and oxygen atoms in total. The lowest BCUT2D eigenvalue weighted by atomic mass is 9.52. The van der Waals surface area contributed by atoms with E-state index in [1.807, 2.05) is 20.8 Å². The number of allylic oxidation sites excluding steroid dienone is 6. The van der Waals surface area contributed by atoms with Crippen LogP contribution in [0.1, 0.15) is 79.6 Å². The summed E-state index contributed by atoms with van der Waals surface area (Å²) in [5, 5.41) is 22.2. The summed E-state index contributed by atoms with van der Waals surface area (Å²) >= 11 is 0. The first-order valence-electron chi connectivity index (χ1n) is 15.5. The van der Waals surface area contributed by atoms with Crippen molar-refractivity contribution < 1.29 is 29.3 Å². The second-order valence-corrected chi connectivity index (χ2v) is 13.6. The SMILES string of the molecule is Cc1nc(C(C)C2(C3C4=CC=C3C=C4)c3ccc(c(COC(=O)C(C)(C)C)c3)N3CCC2CC3)nc(C(=O)NCC(=O)O)c1O. The Labute approximate surface area is 262 Å². The summed E-state index contributed by atoms with van der Waals surface area (Å²) in [6, 6.07) is 6.51. The van der Waals surface area contributed by atoms with Crippen molar-refractivity contribution in [3.8, 4) is 5.75 Å². The van der Waals surface area contributed by atoms with Crippen molar-refractivity contribution in [3.05, 3.63) is 82.0 Å². The third kappa shape index (κ3) is 5.10. The number of aromatic nitrogens is 2. The average molecular weight is 613 g/mol. The minimum atomic E-state index is -1.20. The summed E-state index contributed by atoms with van der Waals surface area (Å²) in [7, 11) is 0. The molecule has 0 spiro atoms. The van der Waals surface area contributed by atoms with Crippen LogP contribution in [0.4, 0.5) is 5.69 Å². The van der Waals surface area contributed by atoms with Crippen molar-refractivity contribution in [3.63, 3.8) is 0 Å². The quantitative estimate of drug-likeness (QED) is 0.361. The van der Waals surface area contributed by atoms with Crippen LogP contribution in [-0.2, 0) is 26.3 Å².